The Morgan fingerprint density at radius 1 is 1.22 bits per heavy atom. The van der Waals surface area contributed by atoms with Gasteiger partial charge in [-0.25, -0.2) is 13.1 Å². The maximum Gasteiger partial charge on any atom is 0.253 e. The van der Waals surface area contributed by atoms with Gasteiger partial charge in [0.25, 0.3) is 5.91 Å². The van der Waals surface area contributed by atoms with Gasteiger partial charge in [-0.05, 0) is 37.5 Å². The van der Waals surface area contributed by atoms with Gasteiger partial charge in [0, 0.05) is 24.7 Å². The molecule has 3 rings (SSSR count). The van der Waals surface area contributed by atoms with Gasteiger partial charge < -0.3 is 9.64 Å². The molecule has 0 bridgehead atoms. The van der Waals surface area contributed by atoms with E-state index in [1.807, 2.05) is 0 Å². The van der Waals surface area contributed by atoms with Crippen molar-refractivity contribution in [2.75, 3.05) is 20.2 Å². The van der Waals surface area contributed by atoms with Crippen molar-refractivity contribution < 1.29 is 17.9 Å². The summed E-state index contributed by atoms with van der Waals surface area (Å²) in [4.78, 5) is 14.1. The molecule has 1 aromatic carbocycles. The van der Waals surface area contributed by atoms with E-state index >= 15 is 0 Å². The lowest BCUT2D eigenvalue weighted by Gasteiger charge is -2.31. The van der Waals surface area contributed by atoms with Crippen LogP contribution in [0, 0.1) is 0 Å². The molecule has 23 heavy (non-hydrogen) atoms. The Morgan fingerprint density at radius 2 is 1.91 bits per heavy atom. The standard InChI is InChI=1S/C16H22N2O4S/c1-22-14-8-7-12(16(19)18-9-4-10-18)11-15(14)23(20,21)17-13-5-2-3-6-13/h7-8,11,13,17H,2-6,9-10H2,1H3. The maximum absolute atomic E-state index is 12.7. The Kier molecular flexibility index (Phi) is 4.59. The molecule has 0 unspecified atom stereocenters. The third kappa shape index (κ3) is 3.35. The van der Waals surface area contributed by atoms with E-state index in [2.05, 4.69) is 4.72 Å². The van der Waals surface area contributed by atoms with Crippen molar-refractivity contribution >= 4 is 15.9 Å². The number of hydrogen-bond acceptors (Lipinski definition) is 4. The Hall–Kier alpha value is -1.60. The van der Waals surface area contributed by atoms with Crippen molar-refractivity contribution in [3.63, 3.8) is 0 Å². The number of methoxy groups -OCH3 is 1. The highest BCUT2D eigenvalue weighted by Crippen LogP contribution is 2.28. The van der Waals surface area contributed by atoms with Crippen molar-refractivity contribution in [3.8, 4) is 5.75 Å². The fraction of sp³-hybridized carbons (Fsp3) is 0.562. The summed E-state index contributed by atoms with van der Waals surface area (Å²) in [5.74, 6) is 0.131. The van der Waals surface area contributed by atoms with Crippen LogP contribution in [-0.2, 0) is 10.0 Å². The summed E-state index contributed by atoms with van der Waals surface area (Å²) in [6.07, 6.45) is 4.79. The number of sulfonamides is 1. The van der Waals surface area contributed by atoms with Crippen molar-refractivity contribution in [2.45, 2.75) is 43.0 Å². The van der Waals surface area contributed by atoms with E-state index in [4.69, 9.17) is 4.74 Å². The quantitative estimate of drug-likeness (QED) is 0.888. The molecule has 1 aliphatic carbocycles. The molecular weight excluding hydrogens is 316 g/mol. The third-order valence-electron chi connectivity index (χ3n) is 4.52. The van der Waals surface area contributed by atoms with Gasteiger partial charge in [0.1, 0.15) is 10.6 Å². The number of nitrogens with zero attached hydrogens (tertiary/aromatic N) is 1. The van der Waals surface area contributed by atoms with E-state index < -0.39 is 10.0 Å². The molecule has 1 amide bonds. The van der Waals surface area contributed by atoms with Crippen molar-refractivity contribution in [1.29, 1.82) is 0 Å². The summed E-state index contributed by atoms with van der Waals surface area (Å²) >= 11 is 0. The molecule has 1 aromatic rings. The van der Waals surface area contributed by atoms with Crippen molar-refractivity contribution in [3.05, 3.63) is 23.8 Å². The first-order chi connectivity index (χ1) is 11.0. The van der Waals surface area contributed by atoms with Gasteiger partial charge in [0.15, 0.2) is 0 Å². The lowest BCUT2D eigenvalue weighted by atomic mass is 10.1. The molecule has 0 spiro atoms. The molecule has 126 valence electrons. The number of carbonyl (C=O) groups excluding carboxylic acids is 1. The second-order valence-electron chi connectivity index (χ2n) is 6.11. The fourth-order valence-electron chi connectivity index (χ4n) is 3.05. The minimum atomic E-state index is -3.70. The number of hydrogen-bond donors (Lipinski definition) is 1. The largest absolute Gasteiger partial charge is 0.495 e. The molecule has 0 atom stereocenters. The zero-order valence-corrected chi connectivity index (χ0v) is 14.1. The first-order valence-corrected chi connectivity index (χ1v) is 9.49. The lowest BCUT2D eigenvalue weighted by molar-refractivity contribution is 0.0651. The first-order valence-electron chi connectivity index (χ1n) is 8.01. The molecule has 1 aliphatic heterocycles. The minimum absolute atomic E-state index is 0.0283. The van der Waals surface area contributed by atoms with Crippen LogP contribution in [0.5, 0.6) is 5.75 Å². The Balaban J connectivity index is 1.90. The maximum atomic E-state index is 12.7. The van der Waals surface area contributed by atoms with E-state index in [0.717, 1.165) is 45.2 Å². The SMILES string of the molecule is COc1ccc(C(=O)N2CCC2)cc1S(=O)(=O)NC1CCCC1. The number of rotatable bonds is 5. The van der Waals surface area contributed by atoms with Crippen LogP contribution in [0.1, 0.15) is 42.5 Å². The molecule has 0 aromatic heterocycles. The van der Waals surface area contributed by atoms with Crippen LogP contribution in [0.3, 0.4) is 0 Å². The molecule has 2 fully saturated rings. The van der Waals surface area contributed by atoms with E-state index in [0.29, 0.717) is 5.56 Å². The Labute approximate surface area is 136 Å². The predicted molar refractivity (Wildman–Crippen MR) is 86.1 cm³/mol. The fourth-order valence-corrected chi connectivity index (χ4v) is 4.55. The lowest BCUT2D eigenvalue weighted by Crippen LogP contribution is -2.42. The van der Waals surface area contributed by atoms with Gasteiger partial charge in [0.2, 0.25) is 10.0 Å². The third-order valence-corrected chi connectivity index (χ3v) is 6.06. The van der Waals surface area contributed by atoms with E-state index in [1.54, 1.807) is 17.0 Å². The van der Waals surface area contributed by atoms with Gasteiger partial charge >= 0.3 is 0 Å². The van der Waals surface area contributed by atoms with Crippen LogP contribution < -0.4 is 9.46 Å². The molecule has 6 nitrogen and oxygen atoms in total. The minimum Gasteiger partial charge on any atom is -0.495 e. The zero-order valence-electron chi connectivity index (χ0n) is 13.2. The van der Waals surface area contributed by atoms with Crippen LogP contribution in [0.25, 0.3) is 0 Å². The predicted octanol–water partition coefficient (Wildman–Crippen LogP) is 1.76. The highest BCUT2D eigenvalue weighted by Gasteiger charge is 2.28. The van der Waals surface area contributed by atoms with Crippen LogP contribution in [0.15, 0.2) is 23.1 Å². The first kappa shape index (κ1) is 16.3. The normalized spacial score (nSPS) is 18.7. The number of nitrogens with one attached hydrogen (secondary N) is 1. The van der Waals surface area contributed by atoms with Gasteiger partial charge in [-0.1, -0.05) is 12.8 Å². The molecule has 1 saturated carbocycles. The number of amides is 1. The summed E-state index contributed by atoms with van der Waals surface area (Å²) in [6, 6.07) is 4.57. The number of benzene rings is 1. The second kappa shape index (κ2) is 6.49. The van der Waals surface area contributed by atoms with Crippen LogP contribution in [0.2, 0.25) is 0 Å². The molecule has 0 radical (unpaired) electrons. The molecule has 2 aliphatic rings. The smallest absolute Gasteiger partial charge is 0.253 e. The van der Waals surface area contributed by atoms with E-state index in [1.165, 1.54) is 13.2 Å². The van der Waals surface area contributed by atoms with Gasteiger partial charge in [-0.2, -0.15) is 0 Å². The highest BCUT2D eigenvalue weighted by molar-refractivity contribution is 7.89. The van der Waals surface area contributed by atoms with Gasteiger partial charge in [-0.15, -0.1) is 0 Å². The molecular formula is C16H22N2O4S. The van der Waals surface area contributed by atoms with Gasteiger partial charge in [-0.3, -0.25) is 4.79 Å². The number of ether oxygens (including phenoxy) is 1. The topological polar surface area (TPSA) is 75.7 Å². The average molecular weight is 338 g/mol. The van der Waals surface area contributed by atoms with Crippen LogP contribution in [0.4, 0.5) is 0 Å². The highest BCUT2D eigenvalue weighted by atomic mass is 32.2. The summed E-state index contributed by atoms with van der Waals surface area (Å²) in [5.41, 5.74) is 0.386. The zero-order chi connectivity index (χ0) is 16.4. The van der Waals surface area contributed by atoms with Crippen LogP contribution >= 0.6 is 0 Å². The van der Waals surface area contributed by atoms with Crippen molar-refractivity contribution in [2.24, 2.45) is 0 Å². The second-order valence-corrected chi connectivity index (χ2v) is 7.80. The van der Waals surface area contributed by atoms with Gasteiger partial charge in [0.05, 0.1) is 7.11 Å². The molecule has 1 N–H and O–H groups in total. The van der Waals surface area contributed by atoms with E-state index in [-0.39, 0.29) is 22.6 Å². The molecule has 1 saturated heterocycles. The summed E-state index contributed by atoms with van der Waals surface area (Å²) in [6.45, 7) is 1.46. The molecule has 7 heteroatoms. The Bertz CT molecular complexity index is 692. The van der Waals surface area contributed by atoms with Crippen LogP contribution in [-0.4, -0.2) is 45.5 Å². The number of carbonyl (C=O) groups is 1. The van der Waals surface area contributed by atoms with Crippen molar-refractivity contribution in [1.82, 2.24) is 9.62 Å². The van der Waals surface area contributed by atoms with E-state index in [9.17, 15) is 13.2 Å². The monoisotopic (exact) mass is 338 g/mol. The average Bonchev–Trinajstić information content (AvgIpc) is 2.96. The number of likely N-dealkylation sites (tertiary alicyclic amines) is 1. The summed E-state index contributed by atoms with van der Waals surface area (Å²) in [7, 11) is -2.27. The Morgan fingerprint density at radius 3 is 2.48 bits per heavy atom. The summed E-state index contributed by atoms with van der Waals surface area (Å²) < 4.78 is 33.3. The molecule has 1 heterocycles. The summed E-state index contributed by atoms with van der Waals surface area (Å²) in [5, 5.41) is 0.